The summed E-state index contributed by atoms with van der Waals surface area (Å²) < 4.78 is 0. The summed E-state index contributed by atoms with van der Waals surface area (Å²) in [5.41, 5.74) is 2.59. The number of hydrogen-bond donors (Lipinski definition) is 2. The zero-order valence-electron chi connectivity index (χ0n) is 17.2. The molecule has 3 aromatic carbocycles. The SMILES string of the molecule is CC(C)NC(=O)CSc1ccccc1C(=O)NC(c1ccccc1)c1ccccc1. The molecule has 2 N–H and O–H groups in total. The van der Waals surface area contributed by atoms with E-state index in [-0.39, 0.29) is 29.7 Å². The van der Waals surface area contributed by atoms with Crippen LogP contribution in [-0.4, -0.2) is 23.6 Å². The van der Waals surface area contributed by atoms with Gasteiger partial charge in [0.05, 0.1) is 17.4 Å². The molecule has 3 rings (SSSR count). The maximum Gasteiger partial charge on any atom is 0.253 e. The molecule has 0 saturated carbocycles. The molecule has 0 aliphatic rings. The number of nitrogens with one attached hydrogen (secondary N) is 2. The van der Waals surface area contributed by atoms with Crippen LogP contribution in [0.2, 0.25) is 0 Å². The normalized spacial score (nSPS) is 10.8. The van der Waals surface area contributed by atoms with E-state index in [1.165, 1.54) is 11.8 Å². The van der Waals surface area contributed by atoms with E-state index in [0.717, 1.165) is 16.0 Å². The minimum Gasteiger partial charge on any atom is -0.353 e. The van der Waals surface area contributed by atoms with Gasteiger partial charge in [0.15, 0.2) is 0 Å². The average molecular weight is 419 g/mol. The van der Waals surface area contributed by atoms with Crippen molar-refractivity contribution in [2.24, 2.45) is 0 Å². The van der Waals surface area contributed by atoms with Crippen LogP contribution >= 0.6 is 11.8 Å². The minimum atomic E-state index is -0.262. The second-order valence-electron chi connectivity index (χ2n) is 7.23. The Kier molecular flexibility index (Phi) is 7.69. The third-order valence-electron chi connectivity index (χ3n) is 4.48. The Hall–Kier alpha value is -3.05. The molecule has 30 heavy (non-hydrogen) atoms. The molecule has 0 radical (unpaired) electrons. The number of hydrogen-bond acceptors (Lipinski definition) is 3. The van der Waals surface area contributed by atoms with E-state index in [9.17, 15) is 9.59 Å². The van der Waals surface area contributed by atoms with Gasteiger partial charge in [-0.25, -0.2) is 0 Å². The largest absolute Gasteiger partial charge is 0.353 e. The smallest absolute Gasteiger partial charge is 0.253 e. The molecule has 0 fully saturated rings. The summed E-state index contributed by atoms with van der Waals surface area (Å²) in [4.78, 5) is 26.0. The van der Waals surface area contributed by atoms with Crippen molar-refractivity contribution in [3.8, 4) is 0 Å². The molecule has 0 aromatic heterocycles. The van der Waals surface area contributed by atoms with Gasteiger partial charge in [0.25, 0.3) is 5.91 Å². The van der Waals surface area contributed by atoms with Gasteiger partial charge in [0.2, 0.25) is 5.91 Å². The standard InChI is InChI=1S/C25H26N2O2S/c1-18(2)26-23(28)17-30-22-16-10-9-15-21(22)25(29)27-24(19-11-5-3-6-12-19)20-13-7-4-8-14-20/h3-16,18,24H,17H2,1-2H3,(H,26,28)(H,27,29). The Morgan fingerprint density at radius 1 is 0.767 bits per heavy atom. The van der Waals surface area contributed by atoms with Crippen LogP contribution in [0.3, 0.4) is 0 Å². The van der Waals surface area contributed by atoms with E-state index in [4.69, 9.17) is 0 Å². The molecule has 0 bridgehead atoms. The number of carbonyl (C=O) groups is 2. The molecule has 3 aromatic rings. The topological polar surface area (TPSA) is 58.2 Å². The van der Waals surface area contributed by atoms with Gasteiger partial charge in [0, 0.05) is 10.9 Å². The van der Waals surface area contributed by atoms with Crippen LogP contribution in [0.4, 0.5) is 0 Å². The van der Waals surface area contributed by atoms with Gasteiger partial charge in [-0.05, 0) is 37.1 Å². The van der Waals surface area contributed by atoms with E-state index in [1.807, 2.05) is 92.7 Å². The monoisotopic (exact) mass is 418 g/mol. The lowest BCUT2D eigenvalue weighted by atomic mass is 9.98. The molecule has 4 nitrogen and oxygen atoms in total. The lowest BCUT2D eigenvalue weighted by Gasteiger charge is -2.21. The second-order valence-corrected chi connectivity index (χ2v) is 8.25. The maximum absolute atomic E-state index is 13.2. The van der Waals surface area contributed by atoms with Crippen LogP contribution in [0.5, 0.6) is 0 Å². The molecule has 0 heterocycles. The highest BCUT2D eigenvalue weighted by Crippen LogP contribution is 2.26. The van der Waals surface area contributed by atoms with Crippen LogP contribution in [0.15, 0.2) is 89.8 Å². The van der Waals surface area contributed by atoms with E-state index in [1.54, 1.807) is 6.07 Å². The van der Waals surface area contributed by atoms with Crippen molar-refractivity contribution in [3.63, 3.8) is 0 Å². The van der Waals surface area contributed by atoms with E-state index < -0.39 is 0 Å². The third-order valence-corrected chi connectivity index (χ3v) is 5.55. The van der Waals surface area contributed by atoms with Crippen LogP contribution in [0, 0.1) is 0 Å². The molecule has 154 valence electrons. The fourth-order valence-electron chi connectivity index (χ4n) is 3.15. The van der Waals surface area contributed by atoms with Crippen molar-refractivity contribution in [2.75, 3.05) is 5.75 Å². The molecule has 2 amide bonds. The van der Waals surface area contributed by atoms with Gasteiger partial charge in [-0.1, -0.05) is 72.8 Å². The Balaban J connectivity index is 1.81. The van der Waals surface area contributed by atoms with E-state index in [0.29, 0.717) is 5.56 Å². The molecular weight excluding hydrogens is 392 g/mol. The summed E-state index contributed by atoms with van der Waals surface area (Å²) in [5.74, 6) is 0.0558. The molecule has 0 aliphatic heterocycles. The number of thioether (sulfide) groups is 1. The van der Waals surface area contributed by atoms with Crippen LogP contribution in [0.25, 0.3) is 0 Å². The Labute approximate surface area is 182 Å². The third kappa shape index (κ3) is 5.97. The predicted molar refractivity (Wildman–Crippen MR) is 123 cm³/mol. The highest BCUT2D eigenvalue weighted by Gasteiger charge is 2.20. The highest BCUT2D eigenvalue weighted by molar-refractivity contribution is 8.00. The van der Waals surface area contributed by atoms with E-state index >= 15 is 0 Å². The van der Waals surface area contributed by atoms with Crippen molar-refractivity contribution < 1.29 is 9.59 Å². The maximum atomic E-state index is 13.2. The molecule has 0 unspecified atom stereocenters. The Morgan fingerprint density at radius 3 is 1.87 bits per heavy atom. The first-order valence-electron chi connectivity index (χ1n) is 9.96. The van der Waals surface area contributed by atoms with Gasteiger partial charge in [-0.2, -0.15) is 0 Å². The molecule has 5 heteroatoms. The van der Waals surface area contributed by atoms with Crippen molar-refractivity contribution in [1.29, 1.82) is 0 Å². The van der Waals surface area contributed by atoms with Crippen LogP contribution in [-0.2, 0) is 4.79 Å². The zero-order valence-corrected chi connectivity index (χ0v) is 18.0. The predicted octanol–water partition coefficient (Wildman–Crippen LogP) is 4.82. The summed E-state index contributed by atoms with van der Waals surface area (Å²) in [5, 5.41) is 6.05. The molecular formula is C25H26N2O2S. The van der Waals surface area contributed by atoms with Crippen molar-refractivity contribution in [2.45, 2.75) is 30.8 Å². The summed E-state index contributed by atoms with van der Waals surface area (Å²) >= 11 is 1.37. The number of amides is 2. The van der Waals surface area contributed by atoms with Gasteiger partial charge >= 0.3 is 0 Å². The van der Waals surface area contributed by atoms with Crippen molar-refractivity contribution >= 4 is 23.6 Å². The molecule has 0 spiro atoms. The number of carbonyl (C=O) groups excluding carboxylic acids is 2. The van der Waals surface area contributed by atoms with Gasteiger partial charge < -0.3 is 10.6 Å². The van der Waals surface area contributed by atoms with Crippen molar-refractivity contribution in [3.05, 3.63) is 102 Å². The molecule has 0 aliphatic carbocycles. The summed E-state index contributed by atoms with van der Waals surface area (Å²) in [6.07, 6.45) is 0. The first kappa shape index (κ1) is 21.7. The lowest BCUT2D eigenvalue weighted by Crippen LogP contribution is -2.32. The van der Waals surface area contributed by atoms with Gasteiger partial charge in [-0.15, -0.1) is 11.8 Å². The summed E-state index contributed by atoms with van der Waals surface area (Å²) in [6, 6.07) is 27.0. The molecule has 0 atom stereocenters. The first-order chi connectivity index (χ1) is 14.5. The van der Waals surface area contributed by atoms with Crippen LogP contribution in [0.1, 0.15) is 41.4 Å². The quantitative estimate of drug-likeness (QED) is 0.516. The van der Waals surface area contributed by atoms with Crippen molar-refractivity contribution in [1.82, 2.24) is 10.6 Å². The zero-order chi connectivity index (χ0) is 21.3. The number of benzene rings is 3. The summed E-state index contributed by atoms with van der Waals surface area (Å²) in [7, 11) is 0. The first-order valence-corrected chi connectivity index (χ1v) is 10.9. The van der Waals surface area contributed by atoms with Crippen LogP contribution < -0.4 is 10.6 Å². The summed E-state index contributed by atoms with van der Waals surface area (Å²) in [6.45, 7) is 3.86. The minimum absolute atomic E-state index is 0.0448. The molecule has 0 saturated heterocycles. The highest BCUT2D eigenvalue weighted by atomic mass is 32.2. The van der Waals surface area contributed by atoms with Gasteiger partial charge in [0.1, 0.15) is 0 Å². The Morgan fingerprint density at radius 2 is 1.30 bits per heavy atom. The fourth-order valence-corrected chi connectivity index (χ4v) is 4.01. The fraction of sp³-hybridized carbons (Fsp3) is 0.200. The Bertz CT molecular complexity index is 935. The lowest BCUT2D eigenvalue weighted by molar-refractivity contribution is -0.119. The number of rotatable bonds is 8. The average Bonchev–Trinajstić information content (AvgIpc) is 2.77. The second kappa shape index (κ2) is 10.6. The van der Waals surface area contributed by atoms with Gasteiger partial charge in [-0.3, -0.25) is 9.59 Å². The van der Waals surface area contributed by atoms with E-state index in [2.05, 4.69) is 10.6 Å².